The number of ketones is 1. The van der Waals surface area contributed by atoms with Crippen LogP contribution in [0.2, 0.25) is 0 Å². The van der Waals surface area contributed by atoms with Crippen LogP contribution in [0.25, 0.3) is 0 Å². The lowest BCUT2D eigenvalue weighted by Crippen LogP contribution is -2.26. The molecule has 0 amide bonds. The monoisotopic (exact) mass is 396 g/mol. The Morgan fingerprint density at radius 3 is 2.45 bits per heavy atom. The summed E-state index contributed by atoms with van der Waals surface area (Å²) in [7, 11) is 0. The summed E-state index contributed by atoms with van der Waals surface area (Å²) in [4.78, 5) is 16.1. The summed E-state index contributed by atoms with van der Waals surface area (Å²) in [5.41, 5.74) is 3.74. The second-order valence-corrected chi connectivity index (χ2v) is 7.30. The van der Waals surface area contributed by atoms with E-state index < -0.39 is 11.6 Å². The van der Waals surface area contributed by atoms with E-state index in [1.54, 1.807) is 11.1 Å². The van der Waals surface area contributed by atoms with E-state index in [-0.39, 0.29) is 11.5 Å². The van der Waals surface area contributed by atoms with Crippen molar-refractivity contribution < 1.29 is 13.6 Å². The smallest absolute Gasteiger partial charge is 0.161 e. The van der Waals surface area contributed by atoms with Gasteiger partial charge in [-0.3, -0.25) is 4.79 Å². The van der Waals surface area contributed by atoms with Crippen molar-refractivity contribution in [1.82, 2.24) is 4.90 Å². The summed E-state index contributed by atoms with van der Waals surface area (Å²) in [6.45, 7) is 11.5. The zero-order valence-electron chi connectivity index (χ0n) is 17.1. The number of rotatable bonds is 4. The van der Waals surface area contributed by atoms with E-state index in [4.69, 9.17) is 0 Å². The number of benzene rings is 1. The normalized spacial score (nSPS) is 20.7. The van der Waals surface area contributed by atoms with Gasteiger partial charge in [-0.1, -0.05) is 18.7 Å². The summed E-state index contributed by atoms with van der Waals surface area (Å²) in [5, 5.41) is 0. The highest BCUT2D eigenvalue weighted by Gasteiger charge is 2.27. The van der Waals surface area contributed by atoms with Crippen LogP contribution in [0.3, 0.4) is 0 Å². The van der Waals surface area contributed by atoms with Crippen molar-refractivity contribution in [3.8, 4) is 0 Å². The second-order valence-electron chi connectivity index (χ2n) is 7.30. The Bertz CT molecular complexity index is 963. The number of nitrogens with zero attached hydrogens (tertiary/aromatic N) is 2. The molecule has 0 aliphatic carbocycles. The number of carbonyl (C=O) groups excluding carboxylic acids is 1. The summed E-state index contributed by atoms with van der Waals surface area (Å²) < 4.78 is 27.9. The van der Waals surface area contributed by atoms with Crippen molar-refractivity contribution in [2.75, 3.05) is 18.0 Å². The summed E-state index contributed by atoms with van der Waals surface area (Å²) in [6.07, 6.45) is 9.72. The predicted octanol–water partition coefficient (Wildman–Crippen LogP) is 5.64. The third kappa shape index (κ3) is 4.24. The Kier molecular flexibility index (Phi) is 6.16. The lowest BCUT2D eigenvalue weighted by molar-refractivity contribution is -0.113. The minimum atomic E-state index is -0.695. The first kappa shape index (κ1) is 20.8. The summed E-state index contributed by atoms with van der Waals surface area (Å²) in [6, 6.07) is 3.42. The van der Waals surface area contributed by atoms with Crippen LogP contribution in [0, 0.1) is 11.6 Å². The molecule has 0 atom stereocenters. The average molecular weight is 396 g/mol. The van der Waals surface area contributed by atoms with E-state index in [1.807, 2.05) is 25.2 Å². The molecule has 0 N–H and O–H groups in total. The molecule has 3 nitrogen and oxygen atoms in total. The molecule has 5 heteroatoms. The SMILES string of the molecule is C=C1C(C(C)=O)=CN(c2ccc(F)cc2F)C(=C\C)/C1=C\C=C(/C)N1CCCC1. The van der Waals surface area contributed by atoms with E-state index in [9.17, 15) is 13.6 Å². The van der Waals surface area contributed by atoms with Crippen LogP contribution in [-0.4, -0.2) is 23.8 Å². The fourth-order valence-corrected chi connectivity index (χ4v) is 3.75. The Morgan fingerprint density at radius 2 is 1.86 bits per heavy atom. The molecule has 0 spiro atoms. The van der Waals surface area contributed by atoms with Gasteiger partial charge in [0.1, 0.15) is 11.6 Å². The molecule has 0 radical (unpaired) electrons. The number of Topliss-reactive ketones (excluding diaryl/α,β-unsaturated/α-hetero) is 1. The molecule has 0 aromatic heterocycles. The van der Waals surface area contributed by atoms with Gasteiger partial charge in [-0.05, 0) is 57.4 Å². The van der Waals surface area contributed by atoms with Crippen molar-refractivity contribution in [2.24, 2.45) is 0 Å². The molecular weight excluding hydrogens is 370 g/mol. The maximum Gasteiger partial charge on any atom is 0.161 e. The van der Waals surface area contributed by atoms with Gasteiger partial charge in [0, 0.05) is 47.9 Å². The van der Waals surface area contributed by atoms with Crippen LogP contribution in [0.5, 0.6) is 0 Å². The van der Waals surface area contributed by atoms with Gasteiger partial charge < -0.3 is 9.80 Å². The number of anilines is 1. The van der Waals surface area contributed by atoms with Crippen LogP contribution in [0.15, 0.2) is 77.3 Å². The molecule has 3 rings (SSSR count). The topological polar surface area (TPSA) is 23.6 Å². The van der Waals surface area contributed by atoms with Gasteiger partial charge in [0.05, 0.1) is 5.69 Å². The number of likely N-dealkylation sites (tertiary alicyclic amines) is 1. The lowest BCUT2D eigenvalue weighted by atomic mass is 9.90. The van der Waals surface area contributed by atoms with Crippen molar-refractivity contribution in [3.63, 3.8) is 0 Å². The van der Waals surface area contributed by atoms with E-state index in [1.165, 1.54) is 31.9 Å². The third-order valence-corrected chi connectivity index (χ3v) is 5.36. The highest BCUT2D eigenvalue weighted by molar-refractivity contribution is 6.01. The molecule has 2 aliphatic heterocycles. The Labute approximate surface area is 171 Å². The highest BCUT2D eigenvalue weighted by atomic mass is 19.1. The molecule has 0 bridgehead atoms. The van der Waals surface area contributed by atoms with E-state index in [0.717, 1.165) is 30.4 Å². The molecule has 1 fully saturated rings. The number of halogens is 2. The van der Waals surface area contributed by atoms with Crippen LogP contribution < -0.4 is 4.90 Å². The van der Waals surface area contributed by atoms with E-state index in [2.05, 4.69) is 18.4 Å². The van der Waals surface area contributed by atoms with Gasteiger partial charge in [-0.2, -0.15) is 0 Å². The lowest BCUT2D eigenvalue weighted by Gasteiger charge is -2.32. The van der Waals surface area contributed by atoms with Crippen LogP contribution in [-0.2, 0) is 4.79 Å². The van der Waals surface area contributed by atoms with Gasteiger partial charge >= 0.3 is 0 Å². The van der Waals surface area contributed by atoms with Gasteiger partial charge in [-0.15, -0.1) is 0 Å². The molecule has 1 saturated heterocycles. The molecule has 152 valence electrons. The number of hydrogen-bond acceptors (Lipinski definition) is 3. The van der Waals surface area contributed by atoms with Crippen molar-refractivity contribution in [1.29, 1.82) is 0 Å². The number of hydrogen-bond donors (Lipinski definition) is 0. The molecule has 29 heavy (non-hydrogen) atoms. The third-order valence-electron chi connectivity index (χ3n) is 5.36. The number of allylic oxidation sites excluding steroid dienone is 6. The first-order valence-corrected chi connectivity index (χ1v) is 9.80. The maximum absolute atomic E-state index is 14.5. The first-order valence-electron chi connectivity index (χ1n) is 9.80. The molecule has 0 unspecified atom stereocenters. The molecular formula is C24H26F2N2O. The van der Waals surface area contributed by atoms with Gasteiger partial charge in [0.15, 0.2) is 5.78 Å². The molecule has 1 aromatic carbocycles. The maximum atomic E-state index is 14.5. The number of carbonyl (C=O) groups is 1. The first-order chi connectivity index (χ1) is 13.8. The Hall–Kier alpha value is -2.95. The fraction of sp³-hybridized carbons (Fsp3) is 0.292. The molecule has 1 aromatic rings. The minimum Gasteiger partial charge on any atom is -0.375 e. The average Bonchev–Trinajstić information content (AvgIpc) is 3.21. The summed E-state index contributed by atoms with van der Waals surface area (Å²) >= 11 is 0. The predicted molar refractivity (Wildman–Crippen MR) is 113 cm³/mol. The van der Waals surface area contributed by atoms with Gasteiger partial charge in [-0.25, -0.2) is 8.78 Å². The molecule has 0 saturated carbocycles. The molecule has 2 aliphatic rings. The van der Waals surface area contributed by atoms with Crippen LogP contribution in [0.1, 0.15) is 33.6 Å². The second kappa shape index (κ2) is 8.60. The minimum absolute atomic E-state index is 0.163. The van der Waals surface area contributed by atoms with Crippen LogP contribution in [0.4, 0.5) is 14.5 Å². The zero-order valence-corrected chi connectivity index (χ0v) is 17.1. The largest absolute Gasteiger partial charge is 0.375 e. The quantitative estimate of drug-likeness (QED) is 0.658. The summed E-state index contributed by atoms with van der Waals surface area (Å²) in [5.74, 6) is -1.51. The molecule has 2 heterocycles. The fourth-order valence-electron chi connectivity index (χ4n) is 3.75. The van der Waals surface area contributed by atoms with Gasteiger partial charge in [0.2, 0.25) is 0 Å². The zero-order chi connectivity index (χ0) is 21.1. The standard InChI is InChI=1S/C24H26F2N2O/c1-5-23-20(10-8-16(2)27-12-6-7-13-27)17(3)21(18(4)29)15-28(23)24-11-9-19(25)14-22(24)26/h5,8-11,14-15H,3,6-7,12-13H2,1-2,4H3/b16-8+,20-10-,23-5-. The Balaban J connectivity index is 2.10. The Morgan fingerprint density at radius 1 is 1.17 bits per heavy atom. The van der Waals surface area contributed by atoms with E-state index >= 15 is 0 Å². The van der Waals surface area contributed by atoms with Crippen molar-refractivity contribution >= 4 is 11.5 Å². The van der Waals surface area contributed by atoms with Crippen molar-refractivity contribution in [3.05, 3.63) is 89.0 Å². The van der Waals surface area contributed by atoms with E-state index in [0.29, 0.717) is 16.8 Å². The highest BCUT2D eigenvalue weighted by Crippen LogP contribution is 2.38. The van der Waals surface area contributed by atoms with Crippen LogP contribution >= 0.6 is 0 Å². The van der Waals surface area contributed by atoms with Crippen molar-refractivity contribution in [2.45, 2.75) is 33.6 Å². The van der Waals surface area contributed by atoms with Gasteiger partial charge in [0.25, 0.3) is 0 Å².